The van der Waals surface area contributed by atoms with E-state index in [1.54, 1.807) is 39.0 Å². The van der Waals surface area contributed by atoms with Crippen LogP contribution in [0.15, 0.2) is 48.5 Å². The van der Waals surface area contributed by atoms with Gasteiger partial charge in [-0.1, -0.05) is 36.4 Å². The van der Waals surface area contributed by atoms with E-state index in [9.17, 15) is 9.59 Å². The summed E-state index contributed by atoms with van der Waals surface area (Å²) in [6.07, 6.45) is -0.907. The number of ether oxygens (including phenoxy) is 4. The second-order valence-corrected chi connectivity index (χ2v) is 8.02. The van der Waals surface area contributed by atoms with E-state index in [-0.39, 0.29) is 6.79 Å². The molecular weight excluding hydrogens is 386 g/mol. The maximum Gasteiger partial charge on any atom is 0.327 e. The molecule has 2 atom stereocenters. The highest BCUT2D eigenvalue weighted by atomic mass is 16.7. The van der Waals surface area contributed by atoms with Crippen LogP contribution in [-0.2, 0) is 25.6 Å². The third-order valence-corrected chi connectivity index (χ3v) is 4.35. The van der Waals surface area contributed by atoms with Gasteiger partial charge >= 0.3 is 11.9 Å². The lowest BCUT2D eigenvalue weighted by Crippen LogP contribution is -2.46. The summed E-state index contributed by atoms with van der Waals surface area (Å²) in [5.74, 6) is 0.122. The maximum atomic E-state index is 13.1. The Hall–Kier alpha value is -3.06. The molecule has 0 amide bonds. The van der Waals surface area contributed by atoms with E-state index >= 15 is 0 Å². The van der Waals surface area contributed by atoms with Crippen molar-refractivity contribution in [2.24, 2.45) is 0 Å². The Morgan fingerprint density at radius 1 is 1.07 bits per heavy atom. The molecule has 0 unspecified atom stereocenters. The van der Waals surface area contributed by atoms with Crippen LogP contribution < -0.4 is 14.8 Å². The third kappa shape index (κ3) is 5.73. The molecule has 2 aromatic carbocycles. The molecule has 0 saturated carbocycles. The topological polar surface area (TPSA) is 83.1 Å². The Balaban J connectivity index is 1.92. The van der Waals surface area contributed by atoms with Crippen LogP contribution in [0, 0.1) is 0 Å². The van der Waals surface area contributed by atoms with E-state index in [1.165, 1.54) is 6.92 Å². The van der Waals surface area contributed by atoms with Crippen LogP contribution in [0.5, 0.6) is 11.5 Å². The third-order valence-electron chi connectivity index (χ3n) is 4.35. The Bertz CT molecular complexity index is 890. The lowest BCUT2D eigenvalue weighted by molar-refractivity contribution is -0.165. The molecular formula is C23H27NO6. The molecule has 1 heterocycles. The van der Waals surface area contributed by atoms with Gasteiger partial charge in [0.05, 0.1) is 0 Å². The lowest BCUT2D eigenvalue weighted by Gasteiger charge is -2.30. The van der Waals surface area contributed by atoms with E-state index in [4.69, 9.17) is 18.9 Å². The van der Waals surface area contributed by atoms with Gasteiger partial charge in [-0.25, -0.2) is 0 Å². The van der Waals surface area contributed by atoms with Crippen LogP contribution in [0.3, 0.4) is 0 Å². The highest BCUT2D eigenvalue weighted by Crippen LogP contribution is 2.36. The molecule has 0 aliphatic carbocycles. The second-order valence-electron chi connectivity index (χ2n) is 8.02. The number of nitrogens with one attached hydrogen (secondary N) is 1. The predicted octanol–water partition coefficient (Wildman–Crippen LogP) is 3.52. The first kappa shape index (κ1) is 21.6. The van der Waals surface area contributed by atoms with Gasteiger partial charge in [0, 0.05) is 13.5 Å². The molecule has 0 spiro atoms. The van der Waals surface area contributed by atoms with Crippen molar-refractivity contribution in [3.8, 4) is 11.5 Å². The van der Waals surface area contributed by atoms with Crippen LogP contribution in [0.1, 0.15) is 44.9 Å². The van der Waals surface area contributed by atoms with Crippen molar-refractivity contribution in [2.45, 2.75) is 52.0 Å². The summed E-state index contributed by atoms with van der Waals surface area (Å²) in [7, 11) is 0. The van der Waals surface area contributed by atoms with Crippen LogP contribution in [0.4, 0.5) is 0 Å². The summed E-state index contributed by atoms with van der Waals surface area (Å²) >= 11 is 0. The van der Waals surface area contributed by atoms with Crippen molar-refractivity contribution < 1.29 is 28.5 Å². The first-order chi connectivity index (χ1) is 14.2. The van der Waals surface area contributed by atoms with Gasteiger partial charge in [-0.05, 0) is 44.0 Å². The number of hydrogen-bond acceptors (Lipinski definition) is 7. The molecule has 0 saturated heterocycles. The average molecular weight is 413 g/mol. The quantitative estimate of drug-likeness (QED) is 0.696. The Labute approximate surface area is 176 Å². The summed E-state index contributed by atoms with van der Waals surface area (Å²) in [6, 6.07) is 13.9. The number of benzene rings is 2. The highest BCUT2D eigenvalue weighted by molar-refractivity contribution is 5.78. The van der Waals surface area contributed by atoms with Crippen LogP contribution >= 0.6 is 0 Å². The Kier molecular flexibility index (Phi) is 6.62. The van der Waals surface area contributed by atoms with Crippen LogP contribution in [-0.4, -0.2) is 30.4 Å². The van der Waals surface area contributed by atoms with Gasteiger partial charge in [0.15, 0.2) is 17.6 Å². The van der Waals surface area contributed by atoms with Gasteiger partial charge in [-0.2, -0.15) is 0 Å². The zero-order valence-electron chi connectivity index (χ0n) is 17.6. The molecule has 0 radical (unpaired) electrons. The van der Waals surface area contributed by atoms with Crippen LogP contribution in [0.25, 0.3) is 0 Å². The smallest absolute Gasteiger partial charge is 0.327 e. The summed E-state index contributed by atoms with van der Waals surface area (Å²) < 4.78 is 22.0. The van der Waals surface area contributed by atoms with Crippen molar-refractivity contribution in [1.82, 2.24) is 5.32 Å². The molecule has 1 aliphatic rings. The number of carbonyl (C=O) groups is 2. The molecule has 3 rings (SSSR count). The number of rotatable bonds is 7. The van der Waals surface area contributed by atoms with Crippen molar-refractivity contribution in [2.75, 3.05) is 6.79 Å². The van der Waals surface area contributed by atoms with Crippen molar-refractivity contribution in [3.63, 3.8) is 0 Å². The standard InChI is InChI=1S/C23H27NO6/c1-15(25)29-21(17-10-11-18-19(12-17)28-14-27-18)20(22(26)30-23(2,3)4)24-13-16-8-6-5-7-9-16/h5-12,20-21,24H,13-14H2,1-4H3/t20-,21-/m0/s1. The molecule has 160 valence electrons. The number of esters is 2. The molecule has 7 heteroatoms. The Morgan fingerprint density at radius 3 is 2.43 bits per heavy atom. The lowest BCUT2D eigenvalue weighted by atomic mass is 10.0. The Morgan fingerprint density at radius 2 is 1.77 bits per heavy atom. The van der Waals surface area contributed by atoms with Crippen LogP contribution in [0.2, 0.25) is 0 Å². The fourth-order valence-electron chi connectivity index (χ4n) is 3.10. The monoisotopic (exact) mass is 413 g/mol. The van der Waals surface area contributed by atoms with Gasteiger partial charge in [-0.15, -0.1) is 0 Å². The van der Waals surface area contributed by atoms with Gasteiger partial charge in [-0.3, -0.25) is 14.9 Å². The number of fused-ring (bicyclic) bond motifs is 1. The van der Waals surface area contributed by atoms with Crippen molar-refractivity contribution in [1.29, 1.82) is 0 Å². The minimum absolute atomic E-state index is 0.124. The molecule has 1 aliphatic heterocycles. The van der Waals surface area contributed by atoms with E-state index in [2.05, 4.69) is 5.32 Å². The highest BCUT2D eigenvalue weighted by Gasteiger charge is 2.36. The first-order valence-corrected chi connectivity index (χ1v) is 9.80. The largest absolute Gasteiger partial charge is 0.459 e. The normalized spacial score (nSPS) is 14.7. The van der Waals surface area contributed by atoms with Gasteiger partial charge in [0.25, 0.3) is 0 Å². The van der Waals surface area contributed by atoms with Gasteiger partial charge in [0.1, 0.15) is 11.6 Å². The average Bonchev–Trinajstić information content (AvgIpc) is 3.14. The molecule has 30 heavy (non-hydrogen) atoms. The first-order valence-electron chi connectivity index (χ1n) is 9.80. The minimum Gasteiger partial charge on any atom is -0.459 e. The summed E-state index contributed by atoms with van der Waals surface area (Å²) in [5.41, 5.74) is 0.892. The fourth-order valence-corrected chi connectivity index (χ4v) is 3.10. The maximum absolute atomic E-state index is 13.1. The van der Waals surface area contributed by atoms with Crippen molar-refractivity contribution in [3.05, 3.63) is 59.7 Å². The number of carbonyl (C=O) groups excluding carboxylic acids is 2. The number of hydrogen-bond donors (Lipinski definition) is 1. The molecule has 2 aromatic rings. The zero-order valence-corrected chi connectivity index (χ0v) is 17.6. The van der Waals surface area contributed by atoms with Gasteiger partial charge in [0.2, 0.25) is 6.79 Å². The SMILES string of the molecule is CC(=O)O[C@@H](c1ccc2c(c1)OCO2)[C@H](NCc1ccccc1)C(=O)OC(C)(C)C. The van der Waals surface area contributed by atoms with Crippen molar-refractivity contribution >= 4 is 11.9 Å². The molecule has 0 bridgehead atoms. The van der Waals surface area contributed by atoms with Gasteiger partial charge < -0.3 is 18.9 Å². The summed E-state index contributed by atoms with van der Waals surface area (Å²) in [4.78, 5) is 25.0. The predicted molar refractivity (Wildman–Crippen MR) is 110 cm³/mol. The fraction of sp³-hybridized carbons (Fsp3) is 0.391. The summed E-state index contributed by atoms with van der Waals surface area (Å²) in [5, 5.41) is 3.21. The zero-order chi connectivity index (χ0) is 21.7. The van der Waals surface area contributed by atoms with E-state index < -0.39 is 29.7 Å². The van der Waals surface area contributed by atoms with E-state index in [1.807, 2.05) is 30.3 Å². The minimum atomic E-state index is -0.922. The molecule has 0 aromatic heterocycles. The molecule has 7 nitrogen and oxygen atoms in total. The second kappa shape index (κ2) is 9.17. The van der Waals surface area contributed by atoms with E-state index in [0.29, 0.717) is 23.6 Å². The molecule has 0 fully saturated rings. The molecule has 1 N–H and O–H groups in total. The summed E-state index contributed by atoms with van der Waals surface area (Å²) in [6.45, 7) is 7.21. The van der Waals surface area contributed by atoms with E-state index in [0.717, 1.165) is 5.56 Å².